The molecule has 0 radical (unpaired) electrons. The van der Waals surface area contributed by atoms with E-state index >= 15 is 0 Å². The molecule has 1 aliphatic rings. The van der Waals surface area contributed by atoms with Crippen LogP contribution in [0.1, 0.15) is 11.6 Å². The Kier molecular flexibility index (Phi) is 2.97. The molecule has 4 nitrogen and oxygen atoms in total. The first kappa shape index (κ1) is 11.8. The smallest absolute Gasteiger partial charge is 0.245 e. The van der Waals surface area contributed by atoms with E-state index in [0.29, 0.717) is 17.3 Å². The van der Waals surface area contributed by atoms with Gasteiger partial charge >= 0.3 is 0 Å². The minimum absolute atomic E-state index is 0.215. The van der Waals surface area contributed by atoms with E-state index in [2.05, 4.69) is 11.2 Å². The van der Waals surface area contributed by atoms with Crippen LogP contribution >= 0.6 is 11.6 Å². The highest BCUT2D eigenvalue weighted by Gasteiger charge is 2.28. The summed E-state index contributed by atoms with van der Waals surface area (Å²) in [6.45, 7) is 0.443. The quantitative estimate of drug-likeness (QED) is 0.779. The fourth-order valence-electron chi connectivity index (χ4n) is 1.81. The molecule has 2 rings (SSSR count). The molecule has 1 amide bonds. The first-order valence-corrected chi connectivity index (χ1v) is 5.47. The van der Waals surface area contributed by atoms with Gasteiger partial charge in [-0.25, -0.2) is 0 Å². The maximum Gasteiger partial charge on any atom is 0.245 e. The van der Waals surface area contributed by atoms with Crippen LogP contribution in [-0.2, 0) is 4.79 Å². The van der Waals surface area contributed by atoms with Crippen molar-refractivity contribution < 1.29 is 4.79 Å². The molecule has 17 heavy (non-hydrogen) atoms. The van der Waals surface area contributed by atoms with Crippen molar-refractivity contribution in [2.45, 2.75) is 6.04 Å². The van der Waals surface area contributed by atoms with Crippen LogP contribution in [-0.4, -0.2) is 19.5 Å². The fraction of sp³-hybridized carbons (Fsp3) is 0.250. The van der Waals surface area contributed by atoms with Crippen molar-refractivity contribution in [3.63, 3.8) is 0 Å². The van der Waals surface area contributed by atoms with Crippen molar-refractivity contribution in [1.82, 2.24) is 0 Å². The SMILES string of the molecule is C#CCN(C)c1cc2c(cc1Cl)C(N)C(=O)N2. The molecule has 1 aliphatic heterocycles. The Morgan fingerprint density at radius 3 is 3.00 bits per heavy atom. The van der Waals surface area contributed by atoms with Crippen molar-refractivity contribution in [3.05, 3.63) is 22.7 Å². The number of anilines is 2. The molecular weight excluding hydrogens is 238 g/mol. The number of carbonyl (C=O) groups excluding carboxylic acids is 1. The van der Waals surface area contributed by atoms with E-state index in [-0.39, 0.29) is 5.91 Å². The number of nitrogens with zero attached hydrogens (tertiary/aromatic N) is 1. The predicted molar refractivity (Wildman–Crippen MR) is 69.1 cm³/mol. The number of carbonyl (C=O) groups is 1. The van der Waals surface area contributed by atoms with E-state index in [9.17, 15) is 4.79 Å². The summed E-state index contributed by atoms with van der Waals surface area (Å²) in [5.74, 6) is 2.32. The maximum absolute atomic E-state index is 11.4. The summed E-state index contributed by atoms with van der Waals surface area (Å²) in [5, 5.41) is 3.25. The number of rotatable bonds is 2. The lowest BCUT2D eigenvalue weighted by Crippen LogP contribution is -2.19. The molecule has 88 valence electrons. The molecular formula is C12H12ClN3O. The first-order valence-electron chi connectivity index (χ1n) is 5.09. The maximum atomic E-state index is 11.4. The Morgan fingerprint density at radius 1 is 1.65 bits per heavy atom. The highest BCUT2D eigenvalue weighted by atomic mass is 35.5. The molecule has 1 heterocycles. The number of hydrogen-bond acceptors (Lipinski definition) is 3. The standard InChI is InChI=1S/C12H12ClN3O/c1-3-4-16(2)10-6-9-7(5-8(10)13)11(14)12(17)15-9/h1,5-6,11H,4,14H2,2H3,(H,15,17). The molecule has 0 fully saturated rings. The van der Waals surface area contributed by atoms with Gasteiger partial charge in [-0.1, -0.05) is 17.5 Å². The molecule has 0 saturated heterocycles. The molecule has 1 atom stereocenters. The zero-order chi connectivity index (χ0) is 12.6. The lowest BCUT2D eigenvalue weighted by Gasteiger charge is -2.19. The van der Waals surface area contributed by atoms with Crippen LogP contribution in [0.4, 0.5) is 11.4 Å². The monoisotopic (exact) mass is 249 g/mol. The van der Waals surface area contributed by atoms with Gasteiger partial charge < -0.3 is 16.0 Å². The summed E-state index contributed by atoms with van der Waals surface area (Å²) < 4.78 is 0. The second-order valence-electron chi connectivity index (χ2n) is 3.92. The number of terminal acetylenes is 1. The molecule has 3 N–H and O–H groups in total. The van der Waals surface area contributed by atoms with Crippen molar-refractivity contribution in [3.8, 4) is 12.3 Å². The van der Waals surface area contributed by atoms with Crippen LogP contribution in [0.3, 0.4) is 0 Å². The third kappa shape index (κ3) is 1.95. The van der Waals surface area contributed by atoms with Crippen molar-refractivity contribution in [2.75, 3.05) is 23.8 Å². The molecule has 1 aromatic rings. The highest BCUT2D eigenvalue weighted by molar-refractivity contribution is 6.33. The van der Waals surface area contributed by atoms with Gasteiger partial charge in [-0.05, 0) is 12.1 Å². The Balaban J connectivity index is 2.44. The number of hydrogen-bond donors (Lipinski definition) is 2. The Morgan fingerprint density at radius 2 is 2.35 bits per heavy atom. The second-order valence-corrected chi connectivity index (χ2v) is 4.33. The Hall–Kier alpha value is -1.70. The first-order chi connectivity index (χ1) is 8.04. The minimum atomic E-state index is -0.644. The van der Waals surface area contributed by atoms with Crippen LogP contribution in [0.5, 0.6) is 0 Å². The van der Waals surface area contributed by atoms with Gasteiger partial charge in [-0.15, -0.1) is 6.42 Å². The van der Waals surface area contributed by atoms with Crippen molar-refractivity contribution >= 4 is 28.9 Å². The lowest BCUT2D eigenvalue weighted by atomic mass is 10.1. The average molecular weight is 250 g/mol. The van der Waals surface area contributed by atoms with E-state index in [1.807, 2.05) is 11.9 Å². The van der Waals surface area contributed by atoms with Gasteiger partial charge in [-0.3, -0.25) is 4.79 Å². The van der Waals surface area contributed by atoms with Gasteiger partial charge in [0.1, 0.15) is 6.04 Å². The summed E-state index contributed by atoms with van der Waals surface area (Å²) in [5.41, 5.74) is 7.92. The van der Waals surface area contributed by atoms with Gasteiger partial charge in [0.25, 0.3) is 0 Å². The number of nitrogens with two attached hydrogens (primary N) is 1. The minimum Gasteiger partial charge on any atom is -0.362 e. The summed E-state index contributed by atoms with van der Waals surface area (Å²) in [7, 11) is 1.84. The third-order valence-electron chi connectivity index (χ3n) is 2.73. The zero-order valence-corrected chi connectivity index (χ0v) is 10.1. The van der Waals surface area contributed by atoms with E-state index in [1.165, 1.54) is 0 Å². The summed E-state index contributed by atoms with van der Waals surface area (Å²) >= 11 is 6.15. The lowest BCUT2D eigenvalue weighted by molar-refractivity contribution is -0.116. The molecule has 0 aromatic heterocycles. The van der Waals surface area contributed by atoms with Crippen LogP contribution in [0, 0.1) is 12.3 Å². The number of nitrogens with one attached hydrogen (secondary N) is 1. The molecule has 0 saturated carbocycles. The largest absolute Gasteiger partial charge is 0.362 e. The molecule has 0 spiro atoms. The molecule has 0 aliphatic carbocycles. The van der Waals surface area contributed by atoms with Gasteiger partial charge in [0.05, 0.1) is 17.3 Å². The topological polar surface area (TPSA) is 58.4 Å². The summed E-state index contributed by atoms with van der Waals surface area (Å²) in [6, 6.07) is 2.86. The van der Waals surface area contributed by atoms with Gasteiger partial charge in [0, 0.05) is 18.3 Å². The van der Waals surface area contributed by atoms with E-state index in [0.717, 1.165) is 11.3 Å². The third-order valence-corrected chi connectivity index (χ3v) is 3.04. The van der Waals surface area contributed by atoms with E-state index < -0.39 is 6.04 Å². The molecule has 0 bridgehead atoms. The Bertz CT molecular complexity index is 521. The number of fused-ring (bicyclic) bond motifs is 1. The molecule has 1 unspecified atom stereocenters. The molecule has 1 aromatic carbocycles. The number of benzene rings is 1. The van der Waals surface area contributed by atoms with Gasteiger partial charge in [-0.2, -0.15) is 0 Å². The molecule has 5 heteroatoms. The van der Waals surface area contributed by atoms with Crippen molar-refractivity contribution in [1.29, 1.82) is 0 Å². The zero-order valence-electron chi connectivity index (χ0n) is 9.33. The van der Waals surface area contributed by atoms with Gasteiger partial charge in [0.15, 0.2) is 0 Å². The highest BCUT2D eigenvalue weighted by Crippen LogP contribution is 2.37. The normalized spacial score (nSPS) is 17.3. The summed E-state index contributed by atoms with van der Waals surface area (Å²) in [4.78, 5) is 13.3. The van der Waals surface area contributed by atoms with Crippen molar-refractivity contribution in [2.24, 2.45) is 5.73 Å². The predicted octanol–water partition coefficient (Wildman–Crippen LogP) is 1.36. The van der Waals surface area contributed by atoms with Gasteiger partial charge in [0.2, 0.25) is 5.91 Å². The van der Waals surface area contributed by atoms with Crippen LogP contribution in [0.15, 0.2) is 12.1 Å². The summed E-state index contributed by atoms with van der Waals surface area (Å²) in [6.07, 6.45) is 5.25. The van der Waals surface area contributed by atoms with Crippen LogP contribution in [0.2, 0.25) is 5.02 Å². The van der Waals surface area contributed by atoms with E-state index in [1.54, 1.807) is 12.1 Å². The van der Waals surface area contributed by atoms with E-state index in [4.69, 9.17) is 23.8 Å². The Labute approximate surface area is 105 Å². The van der Waals surface area contributed by atoms with Crippen LogP contribution in [0.25, 0.3) is 0 Å². The fourth-order valence-corrected chi connectivity index (χ4v) is 2.13. The number of halogens is 1. The number of amides is 1. The average Bonchev–Trinajstić information content (AvgIpc) is 2.55. The second kappa shape index (κ2) is 4.28. The van der Waals surface area contributed by atoms with Crippen LogP contribution < -0.4 is 16.0 Å².